The van der Waals surface area contributed by atoms with Crippen molar-refractivity contribution in [2.24, 2.45) is 0 Å². The van der Waals surface area contributed by atoms with Gasteiger partial charge in [0.1, 0.15) is 18.9 Å². The smallest absolute Gasteiger partial charge is 0.137 e. The van der Waals surface area contributed by atoms with Gasteiger partial charge >= 0.3 is 0 Å². The van der Waals surface area contributed by atoms with E-state index >= 15 is 0 Å². The van der Waals surface area contributed by atoms with Crippen LogP contribution in [-0.4, -0.2) is 18.7 Å². The van der Waals surface area contributed by atoms with E-state index in [2.05, 4.69) is 58.1 Å². The molecule has 0 unspecified atom stereocenters. The van der Waals surface area contributed by atoms with Crippen LogP contribution >= 0.6 is 0 Å². The van der Waals surface area contributed by atoms with Crippen molar-refractivity contribution < 1.29 is 10.1 Å². The van der Waals surface area contributed by atoms with E-state index in [1.165, 1.54) is 11.1 Å². The van der Waals surface area contributed by atoms with Gasteiger partial charge in [0.25, 0.3) is 0 Å². The van der Waals surface area contributed by atoms with E-state index < -0.39 is 0 Å². The summed E-state index contributed by atoms with van der Waals surface area (Å²) in [6.45, 7) is 12.6. The Morgan fingerprint density at radius 2 is 1.88 bits per heavy atom. The maximum absolute atomic E-state index is 5.78. The lowest BCUT2D eigenvalue weighted by Gasteiger charge is -2.17. The molecule has 0 radical (unpaired) electrons. The van der Waals surface area contributed by atoms with Gasteiger partial charge in [0.15, 0.2) is 0 Å². The molecular weight excluding hydrogens is 198 g/mol. The van der Waals surface area contributed by atoms with Crippen molar-refractivity contribution >= 4 is 0 Å². The minimum Gasteiger partial charge on any atom is -0.487 e. The van der Waals surface area contributed by atoms with Crippen LogP contribution in [0.25, 0.3) is 0 Å². The largest absolute Gasteiger partial charge is 0.487 e. The Kier molecular flexibility index (Phi) is 4.36. The van der Waals surface area contributed by atoms with Crippen molar-refractivity contribution in [3.63, 3.8) is 0 Å². The maximum atomic E-state index is 5.78. The van der Waals surface area contributed by atoms with Crippen molar-refractivity contribution in [2.75, 3.05) is 13.2 Å². The molecule has 90 valence electrons. The molecule has 0 spiro atoms. The fourth-order valence-corrected chi connectivity index (χ4v) is 1.52. The minimum atomic E-state index is 0.283. The third-order valence-electron chi connectivity index (χ3n) is 2.48. The van der Waals surface area contributed by atoms with E-state index in [1.54, 1.807) is 0 Å². The van der Waals surface area contributed by atoms with Crippen molar-refractivity contribution in [1.82, 2.24) is 0 Å². The first kappa shape index (κ1) is 13.0. The lowest BCUT2D eigenvalue weighted by Crippen LogP contribution is -2.95. The fraction of sp³-hybridized carbons (Fsp3) is 0.571. The highest BCUT2D eigenvalue weighted by Gasteiger charge is 2.12. The molecule has 2 heteroatoms. The first-order chi connectivity index (χ1) is 7.38. The molecule has 1 aromatic rings. The van der Waals surface area contributed by atoms with Crippen LogP contribution in [0.1, 0.15) is 31.9 Å². The summed E-state index contributed by atoms with van der Waals surface area (Å²) in [5, 5.41) is 2.30. The predicted octanol–water partition coefficient (Wildman–Crippen LogP) is 2.04. The Morgan fingerprint density at radius 1 is 1.19 bits per heavy atom. The van der Waals surface area contributed by atoms with Crippen LogP contribution < -0.4 is 10.1 Å². The molecule has 0 bridgehead atoms. The van der Waals surface area contributed by atoms with Crippen LogP contribution in [0.4, 0.5) is 0 Å². The molecule has 0 aliphatic heterocycles. The van der Waals surface area contributed by atoms with Gasteiger partial charge in [0, 0.05) is 0 Å². The van der Waals surface area contributed by atoms with Gasteiger partial charge in [-0.15, -0.1) is 0 Å². The molecule has 0 atom stereocenters. The van der Waals surface area contributed by atoms with Crippen molar-refractivity contribution in [2.45, 2.75) is 40.2 Å². The monoisotopic (exact) mass is 222 g/mol. The normalized spacial score (nSPS) is 11.6. The molecule has 2 N–H and O–H groups in total. The van der Waals surface area contributed by atoms with E-state index in [1.807, 2.05) is 0 Å². The summed E-state index contributed by atoms with van der Waals surface area (Å²) in [4.78, 5) is 0. The highest BCUT2D eigenvalue weighted by Crippen LogP contribution is 2.18. The highest BCUT2D eigenvalue weighted by atomic mass is 16.5. The third-order valence-corrected chi connectivity index (χ3v) is 2.48. The second kappa shape index (κ2) is 5.35. The predicted molar refractivity (Wildman–Crippen MR) is 68.0 cm³/mol. The average Bonchev–Trinajstić information content (AvgIpc) is 2.16. The molecule has 0 aliphatic rings. The Morgan fingerprint density at radius 3 is 2.50 bits per heavy atom. The van der Waals surface area contributed by atoms with E-state index in [0.29, 0.717) is 0 Å². The molecule has 1 rings (SSSR count). The summed E-state index contributed by atoms with van der Waals surface area (Å²) in [5.74, 6) is 1.02. The zero-order chi connectivity index (χ0) is 12.2. The molecule has 0 saturated carbocycles. The number of ether oxygens (including phenoxy) is 1. The summed E-state index contributed by atoms with van der Waals surface area (Å²) < 4.78 is 5.78. The molecule has 0 fully saturated rings. The first-order valence-electron chi connectivity index (χ1n) is 5.93. The molecule has 0 amide bonds. The number of hydrogen-bond donors (Lipinski definition) is 1. The number of rotatable bonds is 4. The van der Waals surface area contributed by atoms with Gasteiger partial charge in [-0.2, -0.15) is 0 Å². The topological polar surface area (TPSA) is 25.8 Å². The van der Waals surface area contributed by atoms with Gasteiger partial charge in [-0.1, -0.05) is 12.1 Å². The molecule has 2 nitrogen and oxygen atoms in total. The van der Waals surface area contributed by atoms with Crippen molar-refractivity contribution in [1.29, 1.82) is 0 Å². The maximum Gasteiger partial charge on any atom is 0.137 e. The number of hydrogen-bond acceptors (Lipinski definition) is 1. The summed E-state index contributed by atoms with van der Waals surface area (Å²) in [6, 6.07) is 6.33. The van der Waals surface area contributed by atoms with Crippen molar-refractivity contribution in [3.8, 4) is 5.75 Å². The quantitative estimate of drug-likeness (QED) is 0.775. The number of nitrogens with two attached hydrogens (primary N) is 1. The van der Waals surface area contributed by atoms with Gasteiger partial charge in [0.05, 0.1) is 5.54 Å². The first-order valence-corrected chi connectivity index (χ1v) is 5.93. The summed E-state index contributed by atoms with van der Waals surface area (Å²) in [6.07, 6.45) is 0. The molecule has 0 aromatic heterocycles. The molecule has 0 saturated heterocycles. The number of aryl methyl sites for hydroxylation is 2. The lowest BCUT2D eigenvalue weighted by molar-refractivity contribution is -0.717. The van der Waals surface area contributed by atoms with Crippen LogP contribution in [0.5, 0.6) is 5.75 Å². The molecular formula is C14H24NO+. The Balaban J connectivity index is 2.40. The minimum absolute atomic E-state index is 0.283. The Hall–Kier alpha value is -1.02. The summed E-state index contributed by atoms with van der Waals surface area (Å²) in [5.41, 5.74) is 2.74. The Labute approximate surface area is 99.0 Å². The van der Waals surface area contributed by atoms with Gasteiger partial charge in [-0.3, -0.25) is 0 Å². The van der Waals surface area contributed by atoms with E-state index in [0.717, 1.165) is 18.9 Å². The van der Waals surface area contributed by atoms with Gasteiger partial charge < -0.3 is 10.1 Å². The SMILES string of the molecule is Cc1ccc(C)c(OCC[NH2+]C(C)(C)C)c1. The van der Waals surface area contributed by atoms with E-state index in [9.17, 15) is 0 Å². The second-order valence-electron chi connectivity index (χ2n) is 5.48. The summed E-state index contributed by atoms with van der Waals surface area (Å²) in [7, 11) is 0. The van der Waals surface area contributed by atoms with Crippen LogP contribution in [0.2, 0.25) is 0 Å². The van der Waals surface area contributed by atoms with Crippen LogP contribution in [0.3, 0.4) is 0 Å². The second-order valence-corrected chi connectivity index (χ2v) is 5.48. The third kappa shape index (κ3) is 4.67. The van der Waals surface area contributed by atoms with Crippen LogP contribution in [0, 0.1) is 13.8 Å². The zero-order valence-electron chi connectivity index (χ0n) is 11.1. The molecule has 0 heterocycles. The average molecular weight is 222 g/mol. The fourth-order valence-electron chi connectivity index (χ4n) is 1.52. The standard InChI is InChI=1S/C14H23NO/c1-11-6-7-12(2)13(10-11)16-9-8-15-14(3,4)5/h6-7,10,15H,8-9H2,1-5H3/p+1. The molecule has 1 aromatic carbocycles. The van der Waals surface area contributed by atoms with Gasteiger partial charge in [-0.05, 0) is 51.8 Å². The van der Waals surface area contributed by atoms with Crippen molar-refractivity contribution in [3.05, 3.63) is 29.3 Å². The lowest BCUT2D eigenvalue weighted by atomic mass is 10.1. The highest BCUT2D eigenvalue weighted by molar-refractivity contribution is 5.35. The molecule has 0 aliphatic carbocycles. The van der Waals surface area contributed by atoms with Crippen LogP contribution in [0.15, 0.2) is 18.2 Å². The van der Waals surface area contributed by atoms with E-state index in [4.69, 9.17) is 4.74 Å². The van der Waals surface area contributed by atoms with E-state index in [-0.39, 0.29) is 5.54 Å². The van der Waals surface area contributed by atoms with Gasteiger partial charge in [0.2, 0.25) is 0 Å². The zero-order valence-corrected chi connectivity index (χ0v) is 11.1. The van der Waals surface area contributed by atoms with Gasteiger partial charge in [-0.25, -0.2) is 0 Å². The number of quaternary nitrogens is 1. The molecule has 16 heavy (non-hydrogen) atoms. The Bertz CT molecular complexity index is 339. The summed E-state index contributed by atoms with van der Waals surface area (Å²) >= 11 is 0. The number of benzene rings is 1. The van der Waals surface area contributed by atoms with Crippen LogP contribution in [-0.2, 0) is 0 Å².